The highest BCUT2D eigenvalue weighted by molar-refractivity contribution is 9.10. The molecule has 1 fully saturated rings. The number of carbonyl (C=O) groups is 1. The summed E-state index contributed by atoms with van der Waals surface area (Å²) < 4.78 is 6.52. The Hall–Kier alpha value is -0.910. The maximum Gasteiger partial charge on any atom is 0.249 e. The molecule has 1 heterocycles. The van der Waals surface area contributed by atoms with Crippen molar-refractivity contribution in [3.63, 3.8) is 0 Å². The summed E-state index contributed by atoms with van der Waals surface area (Å²) in [5.74, 6) is 0.0174. The van der Waals surface area contributed by atoms with E-state index in [0.717, 1.165) is 10.0 Å². The highest BCUT2D eigenvalue weighted by atomic mass is 79.9. The van der Waals surface area contributed by atoms with Gasteiger partial charge in [-0.1, -0.05) is 28.1 Å². The van der Waals surface area contributed by atoms with E-state index in [1.807, 2.05) is 31.2 Å². The van der Waals surface area contributed by atoms with Crippen LogP contribution in [0.15, 0.2) is 28.7 Å². The molecule has 5 heteroatoms. The number of carbonyl (C=O) groups excluding carboxylic acids is 1. The maximum absolute atomic E-state index is 11.8. The number of ether oxygens (including phenoxy) is 1. The second-order valence-electron chi connectivity index (χ2n) is 4.82. The number of benzene rings is 1. The van der Waals surface area contributed by atoms with Crippen molar-refractivity contribution in [1.82, 2.24) is 4.90 Å². The summed E-state index contributed by atoms with van der Waals surface area (Å²) in [7, 11) is 0. The highest BCUT2D eigenvalue weighted by Crippen LogP contribution is 2.20. The van der Waals surface area contributed by atoms with Crippen LogP contribution < -0.4 is 5.73 Å². The number of amides is 1. The predicted molar refractivity (Wildman–Crippen MR) is 73.0 cm³/mol. The van der Waals surface area contributed by atoms with Gasteiger partial charge in [0.15, 0.2) is 0 Å². The number of rotatable bonds is 3. The van der Waals surface area contributed by atoms with Gasteiger partial charge in [0.25, 0.3) is 0 Å². The molecule has 1 aliphatic rings. The summed E-state index contributed by atoms with van der Waals surface area (Å²) in [6.07, 6.45) is 0. The molecule has 4 nitrogen and oxygen atoms in total. The Balaban J connectivity index is 2.07. The van der Waals surface area contributed by atoms with Crippen LogP contribution in [0, 0.1) is 0 Å². The smallest absolute Gasteiger partial charge is 0.249 e. The molecule has 1 unspecified atom stereocenters. The summed E-state index contributed by atoms with van der Waals surface area (Å²) >= 11 is 3.39. The minimum atomic E-state index is -0.427. The van der Waals surface area contributed by atoms with Gasteiger partial charge in [-0.25, -0.2) is 0 Å². The molecule has 0 spiro atoms. The highest BCUT2D eigenvalue weighted by Gasteiger charge is 2.34. The molecule has 0 radical (unpaired) electrons. The maximum atomic E-state index is 11.8. The van der Waals surface area contributed by atoms with Gasteiger partial charge in [-0.15, -0.1) is 0 Å². The zero-order valence-electron chi connectivity index (χ0n) is 10.4. The molecule has 1 aliphatic heterocycles. The lowest BCUT2D eigenvalue weighted by Crippen LogP contribution is -2.56. The number of hydrogen-bond donors (Lipinski definition) is 1. The third kappa shape index (κ3) is 3.10. The van der Waals surface area contributed by atoms with Crippen molar-refractivity contribution in [2.75, 3.05) is 19.7 Å². The van der Waals surface area contributed by atoms with Crippen LogP contribution >= 0.6 is 15.9 Å². The minimum Gasteiger partial charge on any atom is -0.362 e. The van der Waals surface area contributed by atoms with E-state index in [0.29, 0.717) is 19.6 Å². The number of halogens is 1. The summed E-state index contributed by atoms with van der Waals surface area (Å²) in [4.78, 5) is 13.6. The van der Waals surface area contributed by atoms with Crippen molar-refractivity contribution in [2.24, 2.45) is 5.73 Å². The summed E-state index contributed by atoms with van der Waals surface area (Å²) in [5, 5.41) is 0. The van der Waals surface area contributed by atoms with Crippen molar-refractivity contribution in [2.45, 2.75) is 19.1 Å². The molecule has 0 bridgehead atoms. The van der Waals surface area contributed by atoms with E-state index in [9.17, 15) is 4.79 Å². The average Bonchev–Trinajstić information content (AvgIpc) is 2.37. The molecule has 1 atom stereocenters. The Labute approximate surface area is 115 Å². The number of hydrogen-bond acceptors (Lipinski definition) is 3. The van der Waals surface area contributed by atoms with Crippen LogP contribution in [0.3, 0.4) is 0 Å². The van der Waals surface area contributed by atoms with Gasteiger partial charge in [0.1, 0.15) is 6.61 Å². The van der Waals surface area contributed by atoms with Crippen molar-refractivity contribution < 1.29 is 9.53 Å². The molecule has 0 saturated carbocycles. The van der Waals surface area contributed by atoms with Gasteiger partial charge in [0.05, 0.1) is 12.1 Å². The summed E-state index contributed by atoms with van der Waals surface area (Å²) in [5.41, 5.74) is 6.37. The summed E-state index contributed by atoms with van der Waals surface area (Å²) in [6, 6.07) is 7.96. The van der Waals surface area contributed by atoms with E-state index in [-0.39, 0.29) is 12.5 Å². The van der Waals surface area contributed by atoms with E-state index in [1.165, 1.54) is 0 Å². The van der Waals surface area contributed by atoms with Crippen LogP contribution in [0.5, 0.6) is 0 Å². The fraction of sp³-hybridized carbons (Fsp3) is 0.462. The van der Waals surface area contributed by atoms with Crippen LogP contribution in [0.1, 0.15) is 12.5 Å². The number of nitrogens with zero attached hydrogens (tertiary/aromatic N) is 1. The quantitative estimate of drug-likeness (QED) is 0.921. The average molecular weight is 313 g/mol. The fourth-order valence-electron chi connectivity index (χ4n) is 1.94. The van der Waals surface area contributed by atoms with Crippen molar-refractivity contribution in [1.29, 1.82) is 0 Å². The van der Waals surface area contributed by atoms with Crippen LogP contribution in [0.25, 0.3) is 0 Å². The van der Waals surface area contributed by atoms with Crippen LogP contribution in [-0.2, 0) is 16.1 Å². The molecule has 2 rings (SSSR count). The van der Waals surface area contributed by atoms with E-state index in [4.69, 9.17) is 10.5 Å². The van der Waals surface area contributed by atoms with Crippen LogP contribution in [0.4, 0.5) is 0 Å². The first-order valence-electron chi connectivity index (χ1n) is 5.89. The Morgan fingerprint density at radius 1 is 1.44 bits per heavy atom. The van der Waals surface area contributed by atoms with Crippen molar-refractivity contribution in [3.8, 4) is 0 Å². The van der Waals surface area contributed by atoms with Crippen LogP contribution in [0.2, 0.25) is 0 Å². The molecular weight excluding hydrogens is 296 g/mol. The first kappa shape index (κ1) is 13.5. The Kier molecular flexibility index (Phi) is 4.04. The first-order chi connectivity index (χ1) is 8.52. The fourth-order valence-corrected chi connectivity index (χ4v) is 2.21. The lowest BCUT2D eigenvalue weighted by Gasteiger charge is -2.39. The third-order valence-corrected chi connectivity index (χ3v) is 3.67. The molecule has 1 aromatic rings. The molecule has 2 N–H and O–H groups in total. The standard InChI is InChI=1S/C13H17BrN2O2/c1-13(8-15)9-16(12(17)7-18-13)6-10-2-4-11(14)5-3-10/h2-5H,6-9,15H2,1H3. The molecule has 18 heavy (non-hydrogen) atoms. The third-order valence-electron chi connectivity index (χ3n) is 3.14. The van der Waals surface area contributed by atoms with Gasteiger partial charge >= 0.3 is 0 Å². The second kappa shape index (κ2) is 5.38. The molecule has 1 aromatic carbocycles. The Bertz CT molecular complexity index is 435. The minimum absolute atomic E-state index is 0.0174. The number of morpholine rings is 1. The van der Waals surface area contributed by atoms with Gasteiger partial charge in [0.2, 0.25) is 5.91 Å². The van der Waals surface area contributed by atoms with Crippen molar-refractivity contribution in [3.05, 3.63) is 34.3 Å². The normalized spacial score (nSPS) is 24.4. The van der Waals surface area contributed by atoms with Gasteiger partial charge in [-0.3, -0.25) is 4.79 Å². The molecule has 98 valence electrons. The molecule has 0 aromatic heterocycles. The second-order valence-corrected chi connectivity index (χ2v) is 5.73. The van der Waals surface area contributed by atoms with E-state index >= 15 is 0 Å². The Morgan fingerprint density at radius 3 is 2.72 bits per heavy atom. The monoisotopic (exact) mass is 312 g/mol. The topological polar surface area (TPSA) is 55.6 Å². The largest absolute Gasteiger partial charge is 0.362 e. The zero-order valence-corrected chi connectivity index (χ0v) is 11.9. The van der Waals surface area contributed by atoms with E-state index < -0.39 is 5.60 Å². The predicted octanol–water partition coefficient (Wildman–Crippen LogP) is 1.53. The van der Waals surface area contributed by atoms with Crippen LogP contribution in [-0.4, -0.2) is 36.1 Å². The van der Waals surface area contributed by atoms with Gasteiger partial charge in [-0.05, 0) is 24.6 Å². The lowest BCUT2D eigenvalue weighted by atomic mass is 10.0. The molecule has 1 saturated heterocycles. The van der Waals surface area contributed by atoms with Gasteiger partial charge < -0.3 is 15.4 Å². The zero-order chi connectivity index (χ0) is 13.2. The Morgan fingerprint density at radius 2 is 2.11 bits per heavy atom. The lowest BCUT2D eigenvalue weighted by molar-refractivity contribution is -0.160. The van der Waals surface area contributed by atoms with Crippen molar-refractivity contribution >= 4 is 21.8 Å². The van der Waals surface area contributed by atoms with Gasteiger partial charge in [-0.2, -0.15) is 0 Å². The van der Waals surface area contributed by atoms with E-state index in [1.54, 1.807) is 4.90 Å². The molecule has 1 amide bonds. The van der Waals surface area contributed by atoms with Gasteiger partial charge in [0, 0.05) is 17.6 Å². The molecular formula is C13H17BrN2O2. The van der Waals surface area contributed by atoms with E-state index in [2.05, 4.69) is 15.9 Å². The summed E-state index contributed by atoms with van der Waals surface area (Å²) in [6.45, 7) is 3.61. The first-order valence-corrected chi connectivity index (χ1v) is 6.68. The SMILES string of the molecule is CC1(CN)CN(Cc2ccc(Br)cc2)C(=O)CO1. The molecule has 0 aliphatic carbocycles. The number of nitrogens with two attached hydrogens (primary N) is 1.